The summed E-state index contributed by atoms with van der Waals surface area (Å²) in [7, 11) is 0. The molecule has 2 bridgehead atoms. The number of rotatable bonds is 3. The maximum atomic E-state index is 12.8. The molecule has 0 spiro atoms. The first-order chi connectivity index (χ1) is 10.1. The van der Waals surface area contributed by atoms with Crippen molar-refractivity contribution in [2.45, 2.75) is 51.3 Å². The molecule has 3 atom stereocenters. The molecule has 1 aromatic rings. The molecule has 3 rings (SSSR count). The first-order valence-corrected chi connectivity index (χ1v) is 7.91. The molecule has 2 saturated heterocycles. The number of ether oxygens (including phenoxy) is 1. The highest BCUT2D eigenvalue weighted by molar-refractivity contribution is 5.85. The average molecular weight is 325 g/mol. The fourth-order valence-corrected chi connectivity index (χ4v) is 3.42. The second-order valence-electron chi connectivity index (χ2n) is 6.20. The minimum Gasteiger partial charge on any atom is -0.481 e. The normalized spacial score (nSPS) is 25.1. The molecule has 3 unspecified atom stereocenters. The molecule has 0 aromatic heterocycles. The van der Waals surface area contributed by atoms with E-state index >= 15 is 0 Å². The predicted molar refractivity (Wildman–Crippen MR) is 89.7 cm³/mol. The van der Waals surface area contributed by atoms with Crippen molar-refractivity contribution >= 4 is 18.3 Å². The number of aryl methyl sites for hydroxylation is 1. The molecule has 2 fully saturated rings. The standard InChI is InChI=1S/C17H24N2O2.ClH/c1-12-3-7-16(8-4-12)21-13(2)17(20)19-14-5-6-15(19)11-18-10-9-14;/h3-4,7-8,13-15,18H,5-6,9-11H2,1-2H3;1H. The summed E-state index contributed by atoms with van der Waals surface area (Å²) in [6, 6.07) is 8.60. The van der Waals surface area contributed by atoms with Crippen molar-refractivity contribution in [1.82, 2.24) is 10.2 Å². The van der Waals surface area contributed by atoms with Crippen molar-refractivity contribution in [2.75, 3.05) is 13.1 Å². The van der Waals surface area contributed by atoms with E-state index in [0.29, 0.717) is 12.1 Å². The first-order valence-electron chi connectivity index (χ1n) is 7.91. The van der Waals surface area contributed by atoms with Crippen molar-refractivity contribution in [3.8, 4) is 5.75 Å². The summed E-state index contributed by atoms with van der Waals surface area (Å²) < 4.78 is 5.84. The van der Waals surface area contributed by atoms with Crippen molar-refractivity contribution < 1.29 is 9.53 Å². The van der Waals surface area contributed by atoms with Gasteiger partial charge in [-0.15, -0.1) is 12.4 Å². The van der Waals surface area contributed by atoms with Crippen LogP contribution < -0.4 is 10.1 Å². The number of carbonyl (C=O) groups is 1. The fourth-order valence-electron chi connectivity index (χ4n) is 3.42. The van der Waals surface area contributed by atoms with Gasteiger partial charge in [0.1, 0.15) is 5.75 Å². The van der Waals surface area contributed by atoms with Crippen LogP contribution in [0.1, 0.15) is 31.7 Å². The van der Waals surface area contributed by atoms with Gasteiger partial charge < -0.3 is 15.0 Å². The van der Waals surface area contributed by atoms with E-state index in [9.17, 15) is 4.79 Å². The Labute approximate surface area is 138 Å². The monoisotopic (exact) mass is 324 g/mol. The van der Waals surface area contributed by atoms with Crippen LogP contribution in [-0.4, -0.2) is 42.1 Å². The summed E-state index contributed by atoms with van der Waals surface area (Å²) in [5.74, 6) is 0.897. The second-order valence-corrected chi connectivity index (χ2v) is 6.20. The van der Waals surface area contributed by atoms with Crippen LogP contribution in [0.3, 0.4) is 0 Å². The Morgan fingerprint density at radius 1 is 1.23 bits per heavy atom. The van der Waals surface area contributed by atoms with Gasteiger partial charge in [0.05, 0.1) is 0 Å². The summed E-state index contributed by atoms with van der Waals surface area (Å²) >= 11 is 0. The Morgan fingerprint density at radius 2 is 1.91 bits per heavy atom. The second kappa shape index (κ2) is 7.34. The van der Waals surface area contributed by atoms with E-state index in [0.717, 1.165) is 38.1 Å². The number of carbonyl (C=O) groups excluding carboxylic acids is 1. The van der Waals surface area contributed by atoms with Crippen LogP contribution >= 0.6 is 12.4 Å². The molecule has 0 aliphatic carbocycles. The van der Waals surface area contributed by atoms with Crippen LogP contribution in [0, 0.1) is 6.92 Å². The zero-order chi connectivity index (χ0) is 14.8. The molecule has 22 heavy (non-hydrogen) atoms. The van der Waals surface area contributed by atoms with Gasteiger partial charge in [0.25, 0.3) is 5.91 Å². The van der Waals surface area contributed by atoms with Gasteiger partial charge >= 0.3 is 0 Å². The van der Waals surface area contributed by atoms with E-state index in [4.69, 9.17) is 4.74 Å². The smallest absolute Gasteiger partial charge is 0.263 e. The molecular formula is C17H25ClN2O2. The third kappa shape index (κ3) is 3.55. The number of nitrogens with zero attached hydrogens (tertiary/aromatic N) is 1. The summed E-state index contributed by atoms with van der Waals surface area (Å²) in [5, 5.41) is 3.42. The highest BCUT2D eigenvalue weighted by atomic mass is 35.5. The third-order valence-corrected chi connectivity index (χ3v) is 4.59. The van der Waals surface area contributed by atoms with Gasteiger partial charge in [-0.25, -0.2) is 0 Å². The Bertz CT molecular complexity index is 492. The van der Waals surface area contributed by atoms with Crippen molar-refractivity contribution in [2.24, 2.45) is 0 Å². The van der Waals surface area contributed by atoms with Crippen LogP contribution in [0.25, 0.3) is 0 Å². The van der Waals surface area contributed by atoms with E-state index in [1.807, 2.05) is 38.1 Å². The Hall–Kier alpha value is -1.26. The topological polar surface area (TPSA) is 41.6 Å². The third-order valence-electron chi connectivity index (χ3n) is 4.59. The lowest BCUT2D eigenvalue weighted by Gasteiger charge is -2.30. The number of fused-ring (bicyclic) bond motifs is 2. The maximum Gasteiger partial charge on any atom is 0.263 e. The van der Waals surface area contributed by atoms with E-state index in [1.165, 1.54) is 5.56 Å². The molecule has 122 valence electrons. The van der Waals surface area contributed by atoms with Crippen LogP contribution in [0.15, 0.2) is 24.3 Å². The number of nitrogens with one attached hydrogen (secondary N) is 1. The molecular weight excluding hydrogens is 300 g/mol. The van der Waals surface area contributed by atoms with Crippen molar-refractivity contribution in [1.29, 1.82) is 0 Å². The zero-order valence-electron chi connectivity index (χ0n) is 13.2. The molecule has 2 heterocycles. The van der Waals surface area contributed by atoms with Gasteiger partial charge in [-0.3, -0.25) is 4.79 Å². The van der Waals surface area contributed by atoms with Crippen molar-refractivity contribution in [3.63, 3.8) is 0 Å². The van der Waals surface area contributed by atoms with Gasteiger partial charge in [0.15, 0.2) is 6.10 Å². The Kier molecular flexibility index (Phi) is 5.70. The SMILES string of the molecule is Cc1ccc(OC(C)C(=O)N2C3CCNCC2CC3)cc1.Cl. The predicted octanol–water partition coefficient (Wildman–Crippen LogP) is 2.54. The largest absolute Gasteiger partial charge is 0.481 e. The molecule has 0 radical (unpaired) electrons. The molecule has 5 heteroatoms. The minimum atomic E-state index is -0.422. The van der Waals surface area contributed by atoms with E-state index in [2.05, 4.69) is 10.2 Å². The summed E-state index contributed by atoms with van der Waals surface area (Å²) in [6.07, 6.45) is 2.88. The van der Waals surface area contributed by atoms with Gasteiger partial charge in [0, 0.05) is 18.6 Å². The Morgan fingerprint density at radius 3 is 2.64 bits per heavy atom. The highest BCUT2D eigenvalue weighted by Gasteiger charge is 2.39. The Balaban J connectivity index is 0.00000176. The van der Waals surface area contributed by atoms with Gasteiger partial charge in [-0.05, 0) is 51.8 Å². The summed E-state index contributed by atoms with van der Waals surface area (Å²) in [4.78, 5) is 14.8. The highest BCUT2D eigenvalue weighted by Crippen LogP contribution is 2.29. The first kappa shape index (κ1) is 17.1. The summed E-state index contributed by atoms with van der Waals surface area (Å²) in [6.45, 7) is 5.83. The quantitative estimate of drug-likeness (QED) is 0.929. The number of benzene rings is 1. The number of hydrogen-bond donors (Lipinski definition) is 1. The maximum absolute atomic E-state index is 12.8. The molecule has 2 aliphatic rings. The van der Waals surface area contributed by atoms with Crippen LogP contribution in [0.2, 0.25) is 0 Å². The molecule has 1 aromatic carbocycles. The van der Waals surface area contributed by atoms with E-state index in [-0.39, 0.29) is 18.3 Å². The lowest BCUT2D eigenvalue weighted by Crippen LogP contribution is -2.48. The fraction of sp³-hybridized carbons (Fsp3) is 0.588. The van der Waals surface area contributed by atoms with Crippen molar-refractivity contribution in [3.05, 3.63) is 29.8 Å². The minimum absolute atomic E-state index is 0. The lowest BCUT2D eigenvalue weighted by molar-refractivity contribution is -0.140. The van der Waals surface area contributed by atoms with Crippen LogP contribution in [0.4, 0.5) is 0 Å². The molecule has 0 saturated carbocycles. The van der Waals surface area contributed by atoms with E-state index < -0.39 is 6.10 Å². The number of amides is 1. The van der Waals surface area contributed by atoms with Gasteiger partial charge in [0.2, 0.25) is 0 Å². The molecule has 2 aliphatic heterocycles. The van der Waals surface area contributed by atoms with E-state index in [1.54, 1.807) is 0 Å². The molecule has 4 nitrogen and oxygen atoms in total. The van der Waals surface area contributed by atoms with Crippen LogP contribution in [-0.2, 0) is 4.79 Å². The lowest BCUT2D eigenvalue weighted by atomic mass is 10.1. The number of halogens is 1. The summed E-state index contributed by atoms with van der Waals surface area (Å²) in [5.41, 5.74) is 1.19. The average Bonchev–Trinajstić information content (AvgIpc) is 2.73. The van der Waals surface area contributed by atoms with Gasteiger partial charge in [-0.1, -0.05) is 17.7 Å². The zero-order valence-corrected chi connectivity index (χ0v) is 14.1. The molecule has 1 amide bonds. The molecule has 1 N–H and O–H groups in total. The number of hydrogen-bond acceptors (Lipinski definition) is 3. The van der Waals surface area contributed by atoms with Gasteiger partial charge in [-0.2, -0.15) is 0 Å². The van der Waals surface area contributed by atoms with Crippen LogP contribution in [0.5, 0.6) is 5.75 Å².